The number of carbonyl (C=O) groups excluding carboxylic acids is 1. The van der Waals surface area contributed by atoms with Gasteiger partial charge in [0.1, 0.15) is 0 Å². The van der Waals surface area contributed by atoms with Crippen LogP contribution >= 0.6 is 24.2 Å². The quantitative estimate of drug-likeness (QED) is 0.828. The average molecular weight is 326 g/mol. The molecule has 0 fully saturated rings. The maximum atomic E-state index is 12.6. The van der Waals surface area contributed by atoms with E-state index in [4.69, 9.17) is 0 Å². The first-order chi connectivity index (χ1) is 8.79. The summed E-state index contributed by atoms with van der Waals surface area (Å²) in [7, 11) is 3.75. The number of ketones is 1. The van der Waals surface area contributed by atoms with Gasteiger partial charge in [0.25, 0.3) is 0 Å². The van der Waals surface area contributed by atoms with Crippen LogP contribution < -0.4 is 0 Å². The molecule has 0 N–H and O–H groups in total. The van der Waals surface area contributed by atoms with Gasteiger partial charge in [0.2, 0.25) is 0 Å². The van der Waals surface area contributed by atoms with Gasteiger partial charge in [0.05, 0.1) is 5.56 Å². The van der Waals surface area contributed by atoms with Crippen molar-refractivity contribution in [3.8, 4) is 0 Å². The van der Waals surface area contributed by atoms with Crippen molar-refractivity contribution in [3.05, 3.63) is 29.3 Å². The number of alkyl halides is 3. The normalized spacial score (nSPS) is 18.7. The highest BCUT2D eigenvalue weighted by atomic mass is 35.5. The Kier molecular flexibility index (Phi) is 5.52. The summed E-state index contributed by atoms with van der Waals surface area (Å²) in [4.78, 5) is 14.5. The van der Waals surface area contributed by atoms with Crippen molar-refractivity contribution in [1.29, 1.82) is 0 Å². The van der Waals surface area contributed by atoms with Crippen LogP contribution in [0.1, 0.15) is 15.9 Å². The molecule has 20 heavy (non-hydrogen) atoms. The number of thioether (sulfide) groups is 1. The van der Waals surface area contributed by atoms with Gasteiger partial charge >= 0.3 is 6.18 Å². The molecule has 2 nitrogen and oxygen atoms in total. The molecule has 0 aromatic heterocycles. The summed E-state index contributed by atoms with van der Waals surface area (Å²) < 4.78 is 37.8. The highest BCUT2D eigenvalue weighted by Gasteiger charge is 2.34. The lowest BCUT2D eigenvalue weighted by molar-refractivity contribution is -0.137. The summed E-state index contributed by atoms with van der Waals surface area (Å²) in [6.07, 6.45) is -4.36. The molecule has 1 aliphatic heterocycles. The van der Waals surface area contributed by atoms with Crippen LogP contribution in [0.25, 0.3) is 0 Å². The minimum absolute atomic E-state index is 0. The van der Waals surface area contributed by atoms with Crippen LogP contribution in [0.2, 0.25) is 0 Å². The van der Waals surface area contributed by atoms with Gasteiger partial charge in [-0.25, -0.2) is 0 Å². The third kappa shape index (κ3) is 3.68. The summed E-state index contributed by atoms with van der Waals surface area (Å²) in [5.74, 6) is 0.325. The number of fused-ring (bicyclic) bond motifs is 1. The first kappa shape index (κ1) is 17.3. The molecular weight excluding hydrogens is 311 g/mol. The van der Waals surface area contributed by atoms with E-state index in [-0.39, 0.29) is 24.1 Å². The third-order valence-electron chi connectivity index (χ3n) is 2.97. The number of halogens is 4. The number of rotatable bonds is 2. The van der Waals surface area contributed by atoms with Gasteiger partial charge in [-0.2, -0.15) is 13.2 Å². The van der Waals surface area contributed by atoms with Crippen molar-refractivity contribution in [3.63, 3.8) is 0 Å². The molecule has 2 rings (SSSR count). The average Bonchev–Trinajstić information content (AvgIpc) is 2.31. The summed E-state index contributed by atoms with van der Waals surface area (Å²) in [5.41, 5.74) is -0.284. The second kappa shape index (κ2) is 6.37. The van der Waals surface area contributed by atoms with Crippen molar-refractivity contribution in [2.45, 2.75) is 11.1 Å². The van der Waals surface area contributed by atoms with Gasteiger partial charge in [-0.15, -0.1) is 24.2 Å². The van der Waals surface area contributed by atoms with Crippen molar-refractivity contribution in [2.75, 3.05) is 26.4 Å². The van der Waals surface area contributed by atoms with Gasteiger partial charge < -0.3 is 4.90 Å². The van der Waals surface area contributed by atoms with E-state index in [1.807, 2.05) is 19.0 Å². The van der Waals surface area contributed by atoms with E-state index >= 15 is 0 Å². The molecule has 1 atom stereocenters. The molecule has 112 valence electrons. The maximum absolute atomic E-state index is 12.6. The number of nitrogens with zero attached hydrogens (tertiary/aromatic N) is 1. The van der Waals surface area contributed by atoms with Crippen LogP contribution in [0.5, 0.6) is 0 Å². The van der Waals surface area contributed by atoms with Gasteiger partial charge in [-0.3, -0.25) is 4.79 Å². The van der Waals surface area contributed by atoms with Crippen LogP contribution in [-0.2, 0) is 6.18 Å². The van der Waals surface area contributed by atoms with Crippen LogP contribution in [0, 0.1) is 5.92 Å². The fourth-order valence-corrected chi connectivity index (χ4v) is 3.26. The second-order valence-electron chi connectivity index (χ2n) is 4.84. The molecule has 1 aromatic rings. The lowest BCUT2D eigenvalue weighted by atomic mass is 9.97. The van der Waals surface area contributed by atoms with E-state index in [2.05, 4.69) is 0 Å². The summed E-state index contributed by atoms with van der Waals surface area (Å²) >= 11 is 1.33. The van der Waals surface area contributed by atoms with Crippen LogP contribution in [-0.4, -0.2) is 37.1 Å². The molecule has 0 bridgehead atoms. The van der Waals surface area contributed by atoms with Crippen LogP contribution in [0.4, 0.5) is 13.2 Å². The second-order valence-corrected chi connectivity index (χ2v) is 5.90. The zero-order valence-electron chi connectivity index (χ0n) is 11.0. The Balaban J connectivity index is 0.00000200. The Hall–Kier alpha value is -0.720. The van der Waals surface area contributed by atoms with Gasteiger partial charge in [-0.05, 0) is 32.3 Å². The predicted octanol–water partition coefficient (Wildman–Crippen LogP) is 3.59. The molecular formula is C13H15ClF3NOS. The smallest absolute Gasteiger partial charge is 0.309 e. The highest BCUT2D eigenvalue weighted by molar-refractivity contribution is 7.99. The van der Waals surface area contributed by atoms with Crippen molar-refractivity contribution in [1.82, 2.24) is 4.90 Å². The molecule has 0 amide bonds. The molecule has 7 heteroatoms. The van der Waals surface area contributed by atoms with Crippen LogP contribution in [0.3, 0.4) is 0 Å². The number of Topliss-reactive ketones (excluding diaryl/α,β-unsaturated/α-hetero) is 1. The van der Waals surface area contributed by atoms with E-state index in [1.165, 1.54) is 17.8 Å². The van der Waals surface area contributed by atoms with Gasteiger partial charge in [-0.1, -0.05) is 0 Å². The van der Waals surface area contributed by atoms with Crippen molar-refractivity contribution >= 4 is 30.0 Å². The summed E-state index contributed by atoms with van der Waals surface area (Å²) in [6.45, 7) is 0.617. The molecule has 0 radical (unpaired) electrons. The first-order valence-electron chi connectivity index (χ1n) is 5.82. The zero-order chi connectivity index (χ0) is 14.2. The lowest BCUT2D eigenvalue weighted by Gasteiger charge is -2.25. The molecule has 1 aromatic carbocycles. The monoisotopic (exact) mass is 325 g/mol. The number of hydrogen-bond acceptors (Lipinski definition) is 3. The van der Waals surface area contributed by atoms with Gasteiger partial charge in [0.15, 0.2) is 5.78 Å². The highest BCUT2D eigenvalue weighted by Crippen LogP contribution is 2.38. The molecule has 1 heterocycles. The number of carbonyl (C=O) groups is 1. The SMILES string of the molecule is CN(C)CC1CSc2cc(C(F)(F)F)ccc2C1=O.Cl. The number of benzene rings is 1. The Labute approximate surface area is 126 Å². The Morgan fingerprint density at radius 3 is 2.55 bits per heavy atom. The minimum atomic E-state index is -4.36. The van der Waals surface area contributed by atoms with Crippen molar-refractivity contribution < 1.29 is 18.0 Å². The summed E-state index contributed by atoms with van der Waals surface area (Å²) in [5, 5.41) is 0. The van der Waals surface area contributed by atoms with E-state index in [0.717, 1.165) is 12.1 Å². The lowest BCUT2D eigenvalue weighted by Crippen LogP contribution is -2.32. The zero-order valence-corrected chi connectivity index (χ0v) is 12.7. The Morgan fingerprint density at radius 1 is 1.35 bits per heavy atom. The van der Waals surface area contributed by atoms with Gasteiger partial charge in [0, 0.05) is 28.7 Å². The largest absolute Gasteiger partial charge is 0.416 e. The number of hydrogen-bond donors (Lipinski definition) is 0. The fourth-order valence-electron chi connectivity index (χ4n) is 2.08. The predicted molar refractivity (Wildman–Crippen MR) is 75.8 cm³/mol. The fraction of sp³-hybridized carbons (Fsp3) is 0.462. The standard InChI is InChI=1S/C13H14F3NOS.ClH/c1-17(2)6-8-7-19-11-5-9(13(14,15)16)3-4-10(11)12(8)18;/h3-5,8H,6-7H2,1-2H3;1H. The molecule has 0 saturated carbocycles. The van der Waals surface area contributed by atoms with E-state index in [9.17, 15) is 18.0 Å². The molecule has 0 spiro atoms. The van der Waals surface area contributed by atoms with E-state index in [1.54, 1.807) is 0 Å². The van der Waals surface area contributed by atoms with Crippen LogP contribution in [0.15, 0.2) is 23.1 Å². The van der Waals surface area contributed by atoms with E-state index < -0.39 is 11.7 Å². The van der Waals surface area contributed by atoms with Crippen molar-refractivity contribution in [2.24, 2.45) is 5.92 Å². The molecule has 1 aliphatic rings. The van der Waals surface area contributed by atoms with E-state index in [0.29, 0.717) is 22.8 Å². The summed E-state index contributed by atoms with van der Waals surface area (Å²) in [6, 6.07) is 3.36. The molecule has 0 aliphatic carbocycles. The first-order valence-corrected chi connectivity index (χ1v) is 6.80. The topological polar surface area (TPSA) is 20.3 Å². The molecule has 0 saturated heterocycles. The Bertz CT molecular complexity index is 505. The third-order valence-corrected chi connectivity index (χ3v) is 4.19. The maximum Gasteiger partial charge on any atom is 0.416 e. The molecule has 1 unspecified atom stereocenters. The Morgan fingerprint density at radius 2 is 2.00 bits per heavy atom. The minimum Gasteiger partial charge on any atom is -0.309 e.